The highest BCUT2D eigenvalue weighted by molar-refractivity contribution is 7.09. The molecule has 0 bridgehead atoms. The van der Waals surface area contributed by atoms with Crippen LogP contribution in [0.3, 0.4) is 0 Å². The summed E-state index contributed by atoms with van der Waals surface area (Å²) in [7, 11) is 0. The molecule has 0 aliphatic heterocycles. The van der Waals surface area contributed by atoms with Gasteiger partial charge in [-0.3, -0.25) is 14.6 Å². The third kappa shape index (κ3) is 4.64. The van der Waals surface area contributed by atoms with Gasteiger partial charge in [-0.1, -0.05) is 13.0 Å². The molecule has 1 fully saturated rings. The lowest BCUT2D eigenvalue weighted by atomic mass is 10.1. The van der Waals surface area contributed by atoms with Crippen LogP contribution in [0.15, 0.2) is 36.0 Å². The Balaban J connectivity index is 1.61. The number of benzene rings is 1. The molecule has 0 spiro atoms. The average molecular weight is 359 g/mol. The van der Waals surface area contributed by atoms with Crippen molar-refractivity contribution in [2.45, 2.75) is 25.8 Å². The number of aliphatic hydroxyl groups excluding tert-OH is 1. The van der Waals surface area contributed by atoms with Crippen LogP contribution in [-0.2, 0) is 11.2 Å². The van der Waals surface area contributed by atoms with Gasteiger partial charge >= 0.3 is 0 Å². The second-order valence-corrected chi connectivity index (χ2v) is 7.39. The Morgan fingerprint density at radius 2 is 2.24 bits per heavy atom. The van der Waals surface area contributed by atoms with Gasteiger partial charge in [0, 0.05) is 34.7 Å². The molecule has 3 N–H and O–H groups in total. The summed E-state index contributed by atoms with van der Waals surface area (Å²) in [6.45, 7) is 1.89. The highest BCUT2D eigenvalue weighted by atomic mass is 32.1. The predicted octanol–water partition coefficient (Wildman–Crippen LogP) is 2.07. The zero-order chi connectivity index (χ0) is 17.8. The van der Waals surface area contributed by atoms with Crippen LogP contribution >= 0.6 is 11.3 Å². The summed E-state index contributed by atoms with van der Waals surface area (Å²) in [5, 5.41) is 15.2. The van der Waals surface area contributed by atoms with Gasteiger partial charge in [0.1, 0.15) is 0 Å². The molecule has 1 aromatic carbocycles. The number of aromatic nitrogens is 1. The number of hydrogen-bond donors (Lipinski definition) is 3. The SMILES string of the molecule is CC1CC1C(=O)Nc1cccc(C(=O)NC(CO)Cc2cncs2)c1. The first-order valence-electron chi connectivity index (χ1n) is 8.27. The third-order valence-corrected chi connectivity index (χ3v) is 5.13. The van der Waals surface area contributed by atoms with Gasteiger partial charge in [0.15, 0.2) is 0 Å². The van der Waals surface area contributed by atoms with Crippen LogP contribution in [0.25, 0.3) is 0 Å². The first-order valence-corrected chi connectivity index (χ1v) is 9.14. The minimum Gasteiger partial charge on any atom is -0.394 e. The number of rotatable bonds is 7. The number of thiazole rings is 1. The molecule has 2 amide bonds. The molecule has 2 aromatic rings. The van der Waals surface area contributed by atoms with Crippen LogP contribution in [-0.4, -0.2) is 34.6 Å². The molecule has 3 unspecified atom stereocenters. The zero-order valence-corrected chi connectivity index (χ0v) is 14.8. The normalized spacial score (nSPS) is 19.9. The molecule has 6 nitrogen and oxygen atoms in total. The molecule has 25 heavy (non-hydrogen) atoms. The van der Waals surface area contributed by atoms with Crippen molar-refractivity contribution in [2.24, 2.45) is 11.8 Å². The highest BCUT2D eigenvalue weighted by Gasteiger charge is 2.39. The van der Waals surface area contributed by atoms with Crippen molar-refractivity contribution in [2.75, 3.05) is 11.9 Å². The van der Waals surface area contributed by atoms with E-state index in [1.165, 1.54) is 11.3 Å². The van der Waals surface area contributed by atoms with Crippen LogP contribution in [0.5, 0.6) is 0 Å². The summed E-state index contributed by atoms with van der Waals surface area (Å²) >= 11 is 1.49. The van der Waals surface area contributed by atoms with E-state index in [1.807, 2.05) is 6.92 Å². The van der Waals surface area contributed by atoms with E-state index in [1.54, 1.807) is 36.0 Å². The molecule has 1 saturated carbocycles. The molecule has 3 atom stereocenters. The van der Waals surface area contributed by atoms with Crippen LogP contribution in [0.2, 0.25) is 0 Å². The molecule has 1 aliphatic carbocycles. The number of hydrogen-bond acceptors (Lipinski definition) is 5. The van der Waals surface area contributed by atoms with Gasteiger partial charge in [0.25, 0.3) is 5.91 Å². The molecular weight excluding hydrogens is 338 g/mol. The summed E-state index contributed by atoms with van der Waals surface area (Å²) in [5.74, 6) is 0.238. The summed E-state index contributed by atoms with van der Waals surface area (Å²) in [6, 6.07) is 6.46. The van der Waals surface area contributed by atoms with E-state index >= 15 is 0 Å². The van der Waals surface area contributed by atoms with Crippen molar-refractivity contribution in [1.29, 1.82) is 0 Å². The van der Waals surface area contributed by atoms with Gasteiger partial charge in [0.2, 0.25) is 5.91 Å². The number of anilines is 1. The van der Waals surface area contributed by atoms with Gasteiger partial charge in [-0.05, 0) is 30.5 Å². The van der Waals surface area contributed by atoms with E-state index in [2.05, 4.69) is 15.6 Å². The van der Waals surface area contributed by atoms with Crippen molar-refractivity contribution in [1.82, 2.24) is 10.3 Å². The van der Waals surface area contributed by atoms with E-state index < -0.39 is 0 Å². The molecular formula is C18H21N3O3S. The van der Waals surface area contributed by atoms with E-state index in [0.29, 0.717) is 23.6 Å². The van der Waals surface area contributed by atoms with Crippen molar-refractivity contribution < 1.29 is 14.7 Å². The van der Waals surface area contributed by atoms with Crippen molar-refractivity contribution in [3.8, 4) is 0 Å². The Labute approximate surface area is 150 Å². The minimum atomic E-state index is -0.376. The smallest absolute Gasteiger partial charge is 0.251 e. The lowest BCUT2D eigenvalue weighted by molar-refractivity contribution is -0.117. The van der Waals surface area contributed by atoms with Gasteiger partial charge < -0.3 is 15.7 Å². The van der Waals surface area contributed by atoms with Gasteiger partial charge in [0.05, 0.1) is 18.2 Å². The largest absolute Gasteiger partial charge is 0.394 e. The van der Waals surface area contributed by atoms with Crippen LogP contribution < -0.4 is 10.6 Å². The average Bonchev–Trinajstić information content (AvgIpc) is 3.12. The molecule has 0 radical (unpaired) electrons. The third-order valence-electron chi connectivity index (χ3n) is 4.33. The quantitative estimate of drug-likeness (QED) is 0.706. The lowest BCUT2D eigenvalue weighted by Crippen LogP contribution is -2.39. The predicted molar refractivity (Wildman–Crippen MR) is 96.5 cm³/mol. The fourth-order valence-corrected chi connectivity index (χ4v) is 3.35. The molecule has 0 saturated heterocycles. The molecule has 3 rings (SSSR count). The molecule has 132 valence electrons. The van der Waals surface area contributed by atoms with Gasteiger partial charge in [-0.25, -0.2) is 0 Å². The number of nitrogens with zero attached hydrogens (tertiary/aromatic N) is 1. The Hall–Kier alpha value is -2.25. The summed E-state index contributed by atoms with van der Waals surface area (Å²) < 4.78 is 0. The standard InChI is InChI=1S/C18H21N3O3S/c1-11-5-16(11)18(24)20-13-4-2-3-12(6-13)17(23)21-14(9-22)7-15-8-19-10-25-15/h2-4,6,8,10-11,14,16,22H,5,7,9H2,1H3,(H,20,24)(H,21,23). The fourth-order valence-electron chi connectivity index (χ4n) is 2.68. The van der Waals surface area contributed by atoms with Crippen molar-refractivity contribution in [3.05, 3.63) is 46.4 Å². The maximum absolute atomic E-state index is 12.4. The van der Waals surface area contributed by atoms with Crippen LogP contribution in [0.1, 0.15) is 28.6 Å². The second kappa shape index (κ2) is 7.76. The lowest BCUT2D eigenvalue weighted by Gasteiger charge is -2.15. The minimum absolute atomic E-state index is 0.00323. The summed E-state index contributed by atoms with van der Waals surface area (Å²) in [6.07, 6.45) is 3.18. The summed E-state index contributed by atoms with van der Waals surface area (Å²) in [4.78, 5) is 29.4. The molecule has 1 heterocycles. The number of aliphatic hydroxyl groups is 1. The van der Waals surface area contributed by atoms with E-state index in [9.17, 15) is 14.7 Å². The Morgan fingerprint density at radius 3 is 2.88 bits per heavy atom. The Morgan fingerprint density at radius 1 is 1.44 bits per heavy atom. The first-order chi connectivity index (χ1) is 12.1. The Bertz CT molecular complexity index is 748. The maximum atomic E-state index is 12.4. The summed E-state index contributed by atoms with van der Waals surface area (Å²) in [5.41, 5.74) is 2.78. The topological polar surface area (TPSA) is 91.3 Å². The van der Waals surface area contributed by atoms with Crippen molar-refractivity contribution >= 4 is 28.8 Å². The number of carbonyl (C=O) groups excluding carboxylic acids is 2. The number of carbonyl (C=O) groups is 2. The van der Waals surface area contributed by atoms with Crippen molar-refractivity contribution in [3.63, 3.8) is 0 Å². The highest BCUT2D eigenvalue weighted by Crippen LogP contribution is 2.38. The van der Waals surface area contributed by atoms with E-state index in [-0.39, 0.29) is 30.4 Å². The zero-order valence-electron chi connectivity index (χ0n) is 13.9. The molecule has 1 aromatic heterocycles. The van der Waals surface area contributed by atoms with E-state index in [4.69, 9.17) is 0 Å². The van der Waals surface area contributed by atoms with E-state index in [0.717, 1.165) is 11.3 Å². The fraction of sp³-hybridized carbons (Fsp3) is 0.389. The van der Waals surface area contributed by atoms with Crippen LogP contribution in [0.4, 0.5) is 5.69 Å². The second-order valence-electron chi connectivity index (χ2n) is 6.41. The first kappa shape index (κ1) is 17.6. The van der Waals surface area contributed by atoms with Crippen LogP contribution in [0, 0.1) is 11.8 Å². The molecule has 7 heteroatoms. The monoisotopic (exact) mass is 359 g/mol. The van der Waals surface area contributed by atoms with Gasteiger partial charge in [-0.15, -0.1) is 11.3 Å². The Kier molecular flexibility index (Phi) is 5.45. The van der Waals surface area contributed by atoms with Gasteiger partial charge in [-0.2, -0.15) is 0 Å². The number of amides is 2. The number of nitrogens with one attached hydrogen (secondary N) is 2. The maximum Gasteiger partial charge on any atom is 0.251 e. The molecule has 1 aliphatic rings.